The second kappa shape index (κ2) is 8.34. The molecule has 3 rings (SSSR count). The van der Waals surface area contributed by atoms with Crippen molar-refractivity contribution in [1.82, 2.24) is 10.2 Å². The summed E-state index contributed by atoms with van der Waals surface area (Å²) in [7, 11) is 1.37. The zero-order chi connectivity index (χ0) is 18.5. The quantitative estimate of drug-likeness (QED) is 0.819. The van der Waals surface area contributed by atoms with Gasteiger partial charge in [-0.25, -0.2) is 0 Å². The van der Waals surface area contributed by atoms with Gasteiger partial charge in [-0.1, -0.05) is 54.1 Å². The number of benzene rings is 2. The first-order valence-electron chi connectivity index (χ1n) is 8.47. The van der Waals surface area contributed by atoms with Crippen molar-refractivity contribution in [3.8, 4) is 0 Å². The number of halogens is 1. The zero-order valence-corrected chi connectivity index (χ0v) is 15.3. The highest BCUT2D eigenvalue weighted by Crippen LogP contribution is 2.23. The molecule has 136 valence electrons. The number of ether oxygens (including phenoxy) is 1. The molecule has 0 saturated heterocycles. The van der Waals surface area contributed by atoms with E-state index in [1.807, 2.05) is 47.4 Å². The Labute approximate surface area is 157 Å². The normalized spacial score (nSPS) is 16.6. The molecule has 2 aromatic rings. The van der Waals surface area contributed by atoms with Crippen LogP contribution >= 0.6 is 11.6 Å². The van der Waals surface area contributed by atoms with Crippen LogP contribution in [0.5, 0.6) is 0 Å². The second-order valence-electron chi connectivity index (χ2n) is 6.28. The molecule has 0 bridgehead atoms. The summed E-state index contributed by atoms with van der Waals surface area (Å²) in [6, 6.07) is 14.9. The first-order valence-corrected chi connectivity index (χ1v) is 8.85. The Morgan fingerprint density at radius 3 is 2.58 bits per heavy atom. The van der Waals surface area contributed by atoms with Gasteiger partial charge in [-0.2, -0.15) is 0 Å². The SMILES string of the molecule is COC(=O)[C@H]1Cc2ccccc2CN1CC(=O)NCc1ccccc1Cl. The smallest absolute Gasteiger partial charge is 0.323 e. The van der Waals surface area contributed by atoms with Crippen LogP contribution in [0.2, 0.25) is 5.02 Å². The lowest BCUT2D eigenvalue weighted by atomic mass is 9.94. The Kier molecular flexibility index (Phi) is 5.91. The van der Waals surface area contributed by atoms with E-state index < -0.39 is 6.04 Å². The Balaban J connectivity index is 1.67. The van der Waals surface area contributed by atoms with Gasteiger partial charge in [0.25, 0.3) is 0 Å². The molecule has 1 aliphatic rings. The summed E-state index contributed by atoms with van der Waals surface area (Å²) in [4.78, 5) is 26.5. The molecular formula is C20H21ClN2O3. The van der Waals surface area contributed by atoms with Crippen molar-refractivity contribution in [3.05, 3.63) is 70.2 Å². The van der Waals surface area contributed by atoms with Gasteiger partial charge < -0.3 is 10.1 Å². The van der Waals surface area contributed by atoms with Crippen LogP contribution in [-0.2, 0) is 33.8 Å². The van der Waals surface area contributed by atoms with Gasteiger partial charge >= 0.3 is 5.97 Å². The molecule has 0 spiro atoms. The lowest BCUT2D eigenvalue weighted by molar-refractivity contribution is -0.148. The molecule has 1 amide bonds. The predicted molar refractivity (Wildman–Crippen MR) is 99.7 cm³/mol. The van der Waals surface area contributed by atoms with Crippen LogP contribution in [0.3, 0.4) is 0 Å². The van der Waals surface area contributed by atoms with E-state index >= 15 is 0 Å². The van der Waals surface area contributed by atoms with Gasteiger partial charge in [-0.05, 0) is 29.2 Å². The largest absolute Gasteiger partial charge is 0.468 e. The minimum absolute atomic E-state index is 0.124. The molecule has 2 aromatic carbocycles. The molecule has 1 heterocycles. The van der Waals surface area contributed by atoms with Crippen LogP contribution in [0.4, 0.5) is 0 Å². The van der Waals surface area contributed by atoms with Crippen LogP contribution in [0.1, 0.15) is 16.7 Å². The van der Waals surface area contributed by atoms with Crippen molar-refractivity contribution < 1.29 is 14.3 Å². The van der Waals surface area contributed by atoms with Crippen molar-refractivity contribution in [3.63, 3.8) is 0 Å². The minimum Gasteiger partial charge on any atom is -0.468 e. The third-order valence-electron chi connectivity index (χ3n) is 4.60. The number of rotatable bonds is 5. The van der Waals surface area contributed by atoms with Crippen molar-refractivity contribution >= 4 is 23.5 Å². The highest BCUT2D eigenvalue weighted by atomic mass is 35.5. The molecule has 0 unspecified atom stereocenters. The highest BCUT2D eigenvalue weighted by Gasteiger charge is 2.33. The number of esters is 1. The van der Waals surface area contributed by atoms with E-state index in [0.29, 0.717) is 24.5 Å². The van der Waals surface area contributed by atoms with E-state index in [2.05, 4.69) is 5.32 Å². The summed E-state index contributed by atoms with van der Waals surface area (Å²) in [5.41, 5.74) is 3.11. The van der Waals surface area contributed by atoms with Crippen molar-refractivity contribution in [2.24, 2.45) is 0 Å². The van der Waals surface area contributed by atoms with E-state index in [1.54, 1.807) is 6.07 Å². The maximum Gasteiger partial charge on any atom is 0.323 e. The number of hydrogen-bond donors (Lipinski definition) is 1. The van der Waals surface area contributed by atoms with Crippen molar-refractivity contribution in [2.45, 2.75) is 25.6 Å². The van der Waals surface area contributed by atoms with Gasteiger partial charge in [-0.3, -0.25) is 14.5 Å². The molecular weight excluding hydrogens is 352 g/mol. The van der Waals surface area contributed by atoms with Crippen LogP contribution in [0, 0.1) is 0 Å². The van der Waals surface area contributed by atoms with Crippen molar-refractivity contribution in [1.29, 1.82) is 0 Å². The first kappa shape index (κ1) is 18.4. The fraction of sp³-hybridized carbons (Fsp3) is 0.300. The summed E-state index contributed by atoms with van der Waals surface area (Å²) in [5.74, 6) is -0.475. The third kappa shape index (κ3) is 4.23. The lowest BCUT2D eigenvalue weighted by Crippen LogP contribution is -2.49. The maximum absolute atomic E-state index is 12.4. The van der Waals surface area contributed by atoms with Crippen LogP contribution in [-0.4, -0.2) is 36.5 Å². The number of carbonyl (C=O) groups is 2. The summed E-state index contributed by atoms with van der Waals surface area (Å²) >= 11 is 6.12. The molecule has 1 N–H and O–H groups in total. The predicted octanol–water partition coefficient (Wildman–Crippen LogP) is 2.56. The van der Waals surface area contributed by atoms with Gasteiger partial charge in [0.1, 0.15) is 6.04 Å². The van der Waals surface area contributed by atoms with Gasteiger partial charge in [0.05, 0.1) is 13.7 Å². The lowest BCUT2D eigenvalue weighted by Gasteiger charge is -2.34. The fourth-order valence-corrected chi connectivity index (χ4v) is 3.39. The number of fused-ring (bicyclic) bond motifs is 1. The van der Waals surface area contributed by atoms with E-state index in [4.69, 9.17) is 16.3 Å². The standard InChI is InChI=1S/C20H21ClN2O3/c1-26-20(25)18-10-14-6-2-3-8-16(14)12-23(18)13-19(24)22-11-15-7-4-5-9-17(15)21/h2-9,18H,10-13H2,1H3,(H,22,24)/t18-/m1/s1. The molecule has 5 nitrogen and oxygen atoms in total. The molecule has 0 aromatic heterocycles. The van der Waals surface area contributed by atoms with Crippen molar-refractivity contribution in [2.75, 3.05) is 13.7 Å². The van der Waals surface area contributed by atoms with E-state index in [-0.39, 0.29) is 18.4 Å². The number of amides is 1. The summed E-state index contributed by atoms with van der Waals surface area (Å²) in [5, 5.41) is 3.49. The Bertz CT molecular complexity index is 809. The topological polar surface area (TPSA) is 58.6 Å². The van der Waals surface area contributed by atoms with Gasteiger partial charge in [-0.15, -0.1) is 0 Å². The summed E-state index contributed by atoms with van der Waals surface area (Å²) < 4.78 is 4.93. The second-order valence-corrected chi connectivity index (χ2v) is 6.69. The molecule has 0 aliphatic carbocycles. The molecule has 1 atom stereocenters. The molecule has 0 radical (unpaired) electrons. The number of hydrogen-bond acceptors (Lipinski definition) is 4. The molecule has 0 saturated carbocycles. The zero-order valence-electron chi connectivity index (χ0n) is 14.6. The number of nitrogens with one attached hydrogen (secondary N) is 1. The van der Waals surface area contributed by atoms with E-state index in [9.17, 15) is 9.59 Å². The molecule has 6 heteroatoms. The fourth-order valence-electron chi connectivity index (χ4n) is 3.19. The third-order valence-corrected chi connectivity index (χ3v) is 4.97. The first-order chi connectivity index (χ1) is 12.6. The van der Waals surface area contributed by atoms with Crippen LogP contribution in [0.25, 0.3) is 0 Å². The molecule has 0 fully saturated rings. The van der Waals surface area contributed by atoms with Crippen LogP contribution in [0.15, 0.2) is 48.5 Å². The minimum atomic E-state index is -0.457. The van der Waals surface area contributed by atoms with Gasteiger partial charge in [0.2, 0.25) is 5.91 Å². The maximum atomic E-state index is 12.4. The Hall–Kier alpha value is -2.37. The summed E-state index contributed by atoms with van der Waals surface area (Å²) in [6.07, 6.45) is 0.542. The average molecular weight is 373 g/mol. The highest BCUT2D eigenvalue weighted by molar-refractivity contribution is 6.31. The number of nitrogens with zero attached hydrogens (tertiary/aromatic N) is 1. The Morgan fingerprint density at radius 1 is 1.15 bits per heavy atom. The molecule has 26 heavy (non-hydrogen) atoms. The summed E-state index contributed by atoms with van der Waals surface area (Å²) in [6.45, 7) is 1.01. The monoisotopic (exact) mass is 372 g/mol. The Morgan fingerprint density at radius 2 is 1.85 bits per heavy atom. The van der Waals surface area contributed by atoms with E-state index in [0.717, 1.165) is 16.7 Å². The molecule has 1 aliphatic heterocycles. The van der Waals surface area contributed by atoms with Gasteiger partial charge in [0, 0.05) is 18.1 Å². The average Bonchev–Trinajstić information content (AvgIpc) is 2.66. The number of methoxy groups -OCH3 is 1. The van der Waals surface area contributed by atoms with Crippen LogP contribution < -0.4 is 5.32 Å². The van der Waals surface area contributed by atoms with Gasteiger partial charge in [0.15, 0.2) is 0 Å². The number of carbonyl (C=O) groups excluding carboxylic acids is 2. The van der Waals surface area contributed by atoms with E-state index in [1.165, 1.54) is 7.11 Å².